The molecule has 1 spiro atoms. The molecule has 37 heavy (non-hydrogen) atoms. The van der Waals surface area contributed by atoms with Gasteiger partial charge in [0.25, 0.3) is 0 Å². The van der Waals surface area contributed by atoms with Crippen molar-refractivity contribution in [1.29, 1.82) is 0 Å². The molecule has 2 fully saturated rings. The number of phenolic OH excluding ortho intramolecular Hbond substituents is 1. The van der Waals surface area contributed by atoms with Gasteiger partial charge >= 0.3 is 0 Å². The minimum Gasteiger partial charge on any atom is -0.504 e. The number of likely N-dealkylation sites (tertiary alicyclic amines) is 1. The van der Waals surface area contributed by atoms with Gasteiger partial charge in [0.1, 0.15) is 5.60 Å². The molecule has 2 aliphatic heterocycles. The molecular formula is C32H34N2O3. The van der Waals surface area contributed by atoms with Crippen LogP contribution in [-0.4, -0.2) is 45.9 Å². The zero-order valence-corrected chi connectivity index (χ0v) is 21.3. The summed E-state index contributed by atoms with van der Waals surface area (Å²) in [4.78, 5) is 2.74. The maximum Gasteiger partial charge on any atom is 0.166 e. The fourth-order valence-electron chi connectivity index (χ4n) is 8.58. The molecule has 1 aromatic heterocycles. The Morgan fingerprint density at radius 3 is 2.81 bits per heavy atom. The fourth-order valence-corrected chi connectivity index (χ4v) is 8.58. The van der Waals surface area contributed by atoms with Gasteiger partial charge in [0, 0.05) is 42.0 Å². The van der Waals surface area contributed by atoms with E-state index < -0.39 is 5.60 Å². The Morgan fingerprint density at radius 1 is 1.14 bits per heavy atom. The lowest BCUT2D eigenvalue weighted by Gasteiger charge is -2.64. The Kier molecular flexibility index (Phi) is 4.47. The number of aromatic hydroxyl groups is 1. The van der Waals surface area contributed by atoms with E-state index in [9.17, 15) is 5.11 Å². The lowest BCUT2D eigenvalue weighted by Crippen LogP contribution is -2.75. The van der Waals surface area contributed by atoms with E-state index in [2.05, 4.69) is 53.0 Å². The van der Waals surface area contributed by atoms with Crippen molar-refractivity contribution in [1.82, 2.24) is 9.47 Å². The Hall–Kier alpha value is -3.02. The van der Waals surface area contributed by atoms with Gasteiger partial charge in [-0.25, -0.2) is 0 Å². The average Bonchev–Trinajstić information content (AvgIpc) is 3.59. The quantitative estimate of drug-likeness (QED) is 0.444. The highest BCUT2D eigenvalue weighted by molar-refractivity contribution is 5.87. The Bertz CT molecular complexity index is 1470. The number of aromatic nitrogens is 1. The molecule has 8 rings (SSSR count). The Balaban J connectivity index is 1.45. The Morgan fingerprint density at radius 2 is 2.00 bits per heavy atom. The van der Waals surface area contributed by atoms with Gasteiger partial charge in [-0.15, -0.1) is 13.2 Å². The summed E-state index contributed by atoms with van der Waals surface area (Å²) in [7, 11) is 0. The van der Waals surface area contributed by atoms with Crippen molar-refractivity contribution in [3.05, 3.63) is 84.1 Å². The standard InChI is InChI=1S/C32H34N2O3/c1-3-14-34-24-8-6-5-7-22(24)23-18-32(36-16-4-2)26-17-21-11-12-25(35)29-27(21)31(32,30(37-29)28(23)34)13-15-33(26)19-20-9-10-20/h3-8,11-12,20,26,30,35H,1-2,9-10,13-19H2/t26-,30-,31-,32+/m0/s1. The molecule has 0 unspecified atom stereocenters. The number of nitrogens with zero attached hydrogens (tertiary/aromatic N) is 2. The zero-order chi connectivity index (χ0) is 24.9. The maximum absolute atomic E-state index is 11.1. The van der Waals surface area contributed by atoms with E-state index in [0.29, 0.717) is 12.4 Å². The van der Waals surface area contributed by atoms with Crippen LogP contribution in [0.4, 0.5) is 0 Å². The van der Waals surface area contributed by atoms with Gasteiger partial charge in [0.05, 0.1) is 17.7 Å². The molecule has 3 aliphatic carbocycles. The summed E-state index contributed by atoms with van der Waals surface area (Å²) in [5, 5.41) is 12.4. The van der Waals surface area contributed by atoms with Crippen molar-refractivity contribution in [3.8, 4) is 11.5 Å². The van der Waals surface area contributed by atoms with Crippen LogP contribution in [0, 0.1) is 5.92 Å². The van der Waals surface area contributed by atoms with Gasteiger partial charge in [-0.3, -0.25) is 4.90 Å². The van der Waals surface area contributed by atoms with E-state index in [-0.39, 0.29) is 23.3 Å². The second kappa shape index (κ2) is 7.52. The maximum atomic E-state index is 11.1. The highest BCUT2D eigenvalue weighted by Crippen LogP contribution is 2.70. The number of phenols is 1. The van der Waals surface area contributed by atoms with E-state index in [0.717, 1.165) is 44.8 Å². The summed E-state index contributed by atoms with van der Waals surface area (Å²) in [5.74, 6) is 1.73. The third-order valence-corrected chi connectivity index (χ3v) is 10.1. The van der Waals surface area contributed by atoms with Crippen LogP contribution in [0.1, 0.15) is 47.8 Å². The van der Waals surface area contributed by atoms with Crippen LogP contribution < -0.4 is 4.74 Å². The molecule has 5 heteroatoms. The second-order valence-corrected chi connectivity index (χ2v) is 11.8. The van der Waals surface area contributed by atoms with E-state index in [4.69, 9.17) is 9.47 Å². The van der Waals surface area contributed by atoms with Crippen LogP contribution in [0.2, 0.25) is 0 Å². The van der Waals surface area contributed by atoms with Crippen LogP contribution in [0.3, 0.4) is 0 Å². The number of hydrogen-bond acceptors (Lipinski definition) is 4. The summed E-state index contributed by atoms with van der Waals surface area (Å²) < 4.78 is 16.5. The highest BCUT2D eigenvalue weighted by atomic mass is 16.5. The zero-order valence-electron chi connectivity index (χ0n) is 21.3. The molecular weight excluding hydrogens is 460 g/mol. The van der Waals surface area contributed by atoms with Gasteiger partial charge in [-0.1, -0.05) is 36.4 Å². The highest BCUT2D eigenvalue weighted by Gasteiger charge is 2.74. The van der Waals surface area contributed by atoms with Crippen molar-refractivity contribution >= 4 is 10.9 Å². The fraction of sp³-hybridized carbons (Fsp3) is 0.438. The van der Waals surface area contributed by atoms with Crippen LogP contribution in [0.5, 0.6) is 11.5 Å². The molecule has 2 bridgehead atoms. The summed E-state index contributed by atoms with van der Waals surface area (Å²) in [5.41, 5.74) is 5.48. The average molecular weight is 495 g/mol. The predicted octanol–water partition coefficient (Wildman–Crippen LogP) is 5.44. The predicted molar refractivity (Wildman–Crippen MR) is 144 cm³/mol. The van der Waals surface area contributed by atoms with E-state index in [1.807, 2.05) is 18.2 Å². The van der Waals surface area contributed by atoms with E-state index in [1.54, 1.807) is 0 Å². The molecule has 5 aliphatic rings. The summed E-state index contributed by atoms with van der Waals surface area (Å²) in [6.45, 7) is 11.5. The van der Waals surface area contributed by atoms with Gasteiger partial charge in [0.2, 0.25) is 0 Å². The molecule has 3 heterocycles. The van der Waals surface area contributed by atoms with E-state index >= 15 is 0 Å². The molecule has 190 valence electrons. The third kappa shape index (κ3) is 2.62. The minimum atomic E-state index is -0.457. The first-order chi connectivity index (χ1) is 18.1. The monoisotopic (exact) mass is 494 g/mol. The van der Waals surface area contributed by atoms with Crippen molar-refractivity contribution in [2.24, 2.45) is 5.92 Å². The number of para-hydroxylation sites is 1. The number of benzene rings is 2. The van der Waals surface area contributed by atoms with Gasteiger partial charge in [-0.05, 0) is 61.4 Å². The van der Waals surface area contributed by atoms with E-state index in [1.165, 1.54) is 46.1 Å². The number of rotatable bonds is 7. The molecule has 1 N–H and O–H groups in total. The number of ether oxygens (including phenoxy) is 2. The molecule has 1 saturated heterocycles. The van der Waals surface area contributed by atoms with Crippen LogP contribution >= 0.6 is 0 Å². The summed E-state index contributed by atoms with van der Waals surface area (Å²) in [6, 6.07) is 12.9. The second-order valence-electron chi connectivity index (χ2n) is 11.8. The van der Waals surface area contributed by atoms with Crippen LogP contribution in [0.25, 0.3) is 10.9 Å². The lowest BCUT2D eigenvalue weighted by atomic mass is 9.48. The Labute approximate surface area is 218 Å². The molecule has 0 radical (unpaired) electrons. The third-order valence-electron chi connectivity index (χ3n) is 10.1. The number of piperidine rings is 1. The molecule has 5 nitrogen and oxygen atoms in total. The molecule has 1 saturated carbocycles. The van der Waals surface area contributed by atoms with Crippen LogP contribution in [-0.2, 0) is 29.5 Å². The largest absolute Gasteiger partial charge is 0.504 e. The normalized spacial score (nSPS) is 31.0. The van der Waals surface area contributed by atoms with Gasteiger partial charge in [0.15, 0.2) is 17.6 Å². The number of fused-ring (bicyclic) bond motifs is 4. The van der Waals surface area contributed by atoms with Crippen molar-refractivity contribution in [2.75, 3.05) is 19.7 Å². The van der Waals surface area contributed by atoms with Gasteiger partial charge < -0.3 is 19.1 Å². The van der Waals surface area contributed by atoms with Gasteiger partial charge in [-0.2, -0.15) is 0 Å². The van der Waals surface area contributed by atoms with Crippen LogP contribution in [0.15, 0.2) is 61.7 Å². The van der Waals surface area contributed by atoms with Crippen molar-refractivity contribution in [2.45, 2.75) is 61.8 Å². The molecule has 2 aromatic carbocycles. The minimum absolute atomic E-state index is 0.221. The topological polar surface area (TPSA) is 46.9 Å². The van der Waals surface area contributed by atoms with Crippen molar-refractivity contribution in [3.63, 3.8) is 0 Å². The number of allylic oxidation sites excluding steroid dienone is 1. The molecule has 0 amide bonds. The summed E-state index contributed by atoms with van der Waals surface area (Å²) in [6.07, 6.45) is 9.05. The molecule has 4 atom stereocenters. The SMILES string of the molecule is C=CCO[C@@]12Cc3c(n(CC=C)c4ccccc34)[C@@H]3Oc4c(O)ccc5c4[C@@]31CCN(CC1CC1)[C@H]2C5. The smallest absolute Gasteiger partial charge is 0.166 e. The first-order valence-electron chi connectivity index (χ1n) is 13.8. The first-order valence-corrected chi connectivity index (χ1v) is 13.8. The van der Waals surface area contributed by atoms with Crippen molar-refractivity contribution < 1.29 is 14.6 Å². The number of hydrogen-bond donors (Lipinski definition) is 1. The first kappa shape index (κ1) is 22.0. The summed E-state index contributed by atoms with van der Waals surface area (Å²) >= 11 is 0. The lowest BCUT2D eigenvalue weighted by molar-refractivity contribution is -0.199. The molecule has 3 aromatic rings.